The monoisotopic (exact) mass is 245 g/mol. The van der Waals surface area contributed by atoms with Crippen molar-refractivity contribution >= 4 is 5.95 Å². The summed E-state index contributed by atoms with van der Waals surface area (Å²) in [6.07, 6.45) is 2.72. The summed E-state index contributed by atoms with van der Waals surface area (Å²) in [5, 5.41) is 0. The lowest BCUT2D eigenvalue weighted by Crippen LogP contribution is -2.13. The van der Waals surface area contributed by atoms with Crippen LogP contribution >= 0.6 is 0 Å². The molecule has 0 saturated heterocycles. The third-order valence-corrected chi connectivity index (χ3v) is 3.38. The number of benzene rings is 1. The molecule has 1 aliphatic rings. The minimum atomic E-state index is 0.561. The van der Waals surface area contributed by atoms with Crippen molar-refractivity contribution < 1.29 is 9.47 Å². The lowest BCUT2D eigenvalue weighted by molar-refractivity contribution is 0.354. The Morgan fingerprint density at radius 3 is 2.67 bits per heavy atom. The Kier molecular flexibility index (Phi) is 2.40. The van der Waals surface area contributed by atoms with Crippen molar-refractivity contribution in [1.29, 1.82) is 0 Å². The van der Waals surface area contributed by atoms with E-state index >= 15 is 0 Å². The van der Waals surface area contributed by atoms with Crippen LogP contribution in [0, 0.1) is 0 Å². The number of fused-ring (bicyclic) bond motifs is 3. The number of methoxy groups -OCH3 is 2. The summed E-state index contributed by atoms with van der Waals surface area (Å²) in [5.41, 5.74) is 9.23. The third-order valence-electron chi connectivity index (χ3n) is 3.38. The number of anilines is 1. The molecule has 94 valence electrons. The Morgan fingerprint density at radius 2 is 1.94 bits per heavy atom. The van der Waals surface area contributed by atoms with Crippen LogP contribution in [0.1, 0.15) is 5.56 Å². The van der Waals surface area contributed by atoms with Crippen LogP contribution in [0.5, 0.6) is 11.5 Å². The van der Waals surface area contributed by atoms with Gasteiger partial charge >= 0.3 is 0 Å². The predicted molar refractivity (Wildman–Crippen MR) is 68.9 cm³/mol. The van der Waals surface area contributed by atoms with Gasteiger partial charge in [0.25, 0.3) is 0 Å². The van der Waals surface area contributed by atoms with Gasteiger partial charge in [-0.05, 0) is 24.1 Å². The van der Waals surface area contributed by atoms with Gasteiger partial charge < -0.3 is 19.8 Å². The second-order valence-electron chi connectivity index (χ2n) is 4.27. The molecule has 1 aromatic carbocycles. The highest BCUT2D eigenvalue weighted by Gasteiger charge is 2.21. The Hall–Kier alpha value is -2.17. The molecule has 2 N–H and O–H groups in total. The molecule has 0 saturated carbocycles. The van der Waals surface area contributed by atoms with Crippen molar-refractivity contribution in [2.24, 2.45) is 0 Å². The Labute approximate surface area is 105 Å². The molecule has 0 aliphatic carbocycles. The van der Waals surface area contributed by atoms with Gasteiger partial charge in [-0.2, -0.15) is 0 Å². The minimum Gasteiger partial charge on any atom is -0.493 e. The molecule has 0 bridgehead atoms. The van der Waals surface area contributed by atoms with Crippen molar-refractivity contribution in [2.75, 3.05) is 20.0 Å². The molecule has 1 aromatic heterocycles. The number of imidazole rings is 1. The van der Waals surface area contributed by atoms with E-state index in [0.29, 0.717) is 5.95 Å². The van der Waals surface area contributed by atoms with Gasteiger partial charge in [0.2, 0.25) is 5.95 Å². The van der Waals surface area contributed by atoms with Crippen LogP contribution in [0.4, 0.5) is 5.95 Å². The number of rotatable bonds is 2. The summed E-state index contributed by atoms with van der Waals surface area (Å²) in [6.45, 7) is 0.851. The normalized spacial score (nSPS) is 12.8. The maximum Gasteiger partial charge on any atom is 0.200 e. The zero-order chi connectivity index (χ0) is 12.7. The molecule has 5 heteroatoms. The summed E-state index contributed by atoms with van der Waals surface area (Å²) >= 11 is 0. The van der Waals surface area contributed by atoms with Gasteiger partial charge in [0.05, 0.1) is 26.1 Å². The molecule has 2 heterocycles. The zero-order valence-electron chi connectivity index (χ0n) is 10.4. The van der Waals surface area contributed by atoms with Gasteiger partial charge in [0, 0.05) is 12.1 Å². The van der Waals surface area contributed by atoms with Gasteiger partial charge in [-0.15, -0.1) is 0 Å². The highest BCUT2D eigenvalue weighted by atomic mass is 16.5. The molecule has 0 radical (unpaired) electrons. The first-order valence-corrected chi connectivity index (χ1v) is 5.81. The van der Waals surface area contributed by atoms with E-state index in [9.17, 15) is 0 Å². The number of ether oxygens (including phenoxy) is 2. The molecule has 18 heavy (non-hydrogen) atoms. The quantitative estimate of drug-likeness (QED) is 0.874. The summed E-state index contributed by atoms with van der Waals surface area (Å²) in [4.78, 5) is 4.16. The lowest BCUT2D eigenvalue weighted by Gasteiger charge is -2.21. The minimum absolute atomic E-state index is 0.561. The van der Waals surface area contributed by atoms with Crippen molar-refractivity contribution in [2.45, 2.75) is 13.0 Å². The maximum absolute atomic E-state index is 5.84. The number of nitrogens with two attached hydrogens (primary N) is 1. The number of aryl methyl sites for hydroxylation is 1. The molecular formula is C13H15N3O2. The molecule has 5 nitrogen and oxygen atoms in total. The Morgan fingerprint density at radius 1 is 1.22 bits per heavy atom. The molecular weight excluding hydrogens is 230 g/mol. The summed E-state index contributed by atoms with van der Waals surface area (Å²) in [7, 11) is 3.29. The van der Waals surface area contributed by atoms with Gasteiger partial charge in [-0.3, -0.25) is 0 Å². The van der Waals surface area contributed by atoms with Gasteiger partial charge in [0.15, 0.2) is 11.5 Å². The first-order valence-electron chi connectivity index (χ1n) is 5.81. The lowest BCUT2D eigenvalue weighted by atomic mass is 9.98. The molecule has 2 aromatic rings. The van der Waals surface area contributed by atoms with Crippen LogP contribution in [0.2, 0.25) is 0 Å². The van der Waals surface area contributed by atoms with E-state index < -0.39 is 0 Å². The second-order valence-corrected chi connectivity index (χ2v) is 4.27. The smallest absolute Gasteiger partial charge is 0.200 e. The SMILES string of the molecule is COc1cc2c(cc1OC)-c1cnc(N)n1CC2. The molecule has 0 amide bonds. The standard InChI is InChI=1S/C13H15N3O2/c1-17-11-5-8-3-4-16-10(7-15-13(16)14)9(8)6-12(11)18-2/h5-7H,3-4H2,1-2H3,(H2,14,15). The fourth-order valence-corrected chi connectivity index (χ4v) is 2.44. The van der Waals surface area contributed by atoms with Crippen LogP contribution in [0.3, 0.4) is 0 Å². The largest absolute Gasteiger partial charge is 0.493 e. The number of hydrogen-bond donors (Lipinski definition) is 1. The van der Waals surface area contributed by atoms with Crippen LogP contribution in [-0.4, -0.2) is 23.8 Å². The summed E-state index contributed by atoms with van der Waals surface area (Å²) < 4.78 is 12.7. The molecule has 0 unspecified atom stereocenters. The number of nitrogen functional groups attached to an aromatic ring is 1. The number of hydrogen-bond acceptors (Lipinski definition) is 4. The maximum atomic E-state index is 5.84. The highest BCUT2D eigenvalue weighted by molar-refractivity contribution is 5.71. The van der Waals surface area contributed by atoms with Crippen molar-refractivity contribution in [3.05, 3.63) is 23.9 Å². The zero-order valence-corrected chi connectivity index (χ0v) is 10.4. The van der Waals surface area contributed by atoms with E-state index in [-0.39, 0.29) is 0 Å². The fraction of sp³-hybridized carbons (Fsp3) is 0.308. The van der Waals surface area contributed by atoms with Crippen molar-refractivity contribution in [3.63, 3.8) is 0 Å². The molecule has 0 atom stereocenters. The Bertz CT molecular complexity index is 605. The van der Waals surface area contributed by atoms with Crippen LogP contribution in [-0.2, 0) is 13.0 Å². The summed E-state index contributed by atoms with van der Waals surface area (Å²) in [6, 6.07) is 4.02. The van der Waals surface area contributed by atoms with Gasteiger partial charge in [0.1, 0.15) is 0 Å². The molecule has 1 aliphatic heterocycles. The van der Waals surface area contributed by atoms with Crippen molar-refractivity contribution in [3.8, 4) is 22.8 Å². The molecule has 0 spiro atoms. The number of aromatic nitrogens is 2. The van der Waals surface area contributed by atoms with E-state index in [1.807, 2.05) is 16.7 Å². The van der Waals surface area contributed by atoms with Crippen molar-refractivity contribution in [1.82, 2.24) is 9.55 Å². The molecule has 3 rings (SSSR count). The van der Waals surface area contributed by atoms with E-state index in [4.69, 9.17) is 15.2 Å². The topological polar surface area (TPSA) is 62.3 Å². The van der Waals surface area contributed by atoms with Crippen LogP contribution < -0.4 is 15.2 Å². The first-order chi connectivity index (χ1) is 8.74. The van der Waals surface area contributed by atoms with Crippen LogP contribution in [0.15, 0.2) is 18.3 Å². The third kappa shape index (κ3) is 1.44. The summed E-state index contributed by atoms with van der Waals surface area (Å²) in [5.74, 6) is 2.05. The fourth-order valence-electron chi connectivity index (χ4n) is 2.44. The van der Waals surface area contributed by atoms with E-state index in [0.717, 1.165) is 35.7 Å². The average molecular weight is 245 g/mol. The Balaban J connectivity index is 2.21. The highest BCUT2D eigenvalue weighted by Crippen LogP contribution is 2.38. The van der Waals surface area contributed by atoms with E-state index in [1.54, 1.807) is 20.4 Å². The van der Waals surface area contributed by atoms with Gasteiger partial charge in [-0.25, -0.2) is 4.98 Å². The van der Waals surface area contributed by atoms with Crippen LogP contribution in [0.25, 0.3) is 11.3 Å². The predicted octanol–water partition coefficient (Wildman–Crippen LogP) is 1.71. The first kappa shape index (κ1) is 11.0. The number of nitrogens with zero attached hydrogens (tertiary/aromatic N) is 2. The van der Waals surface area contributed by atoms with E-state index in [2.05, 4.69) is 4.98 Å². The second kappa shape index (κ2) is 3.94. The van der Waals surface area contributed by atoms with E-state index in [1.165, 1.54) is 5.56 Å². The van der Waals surface area contributed by atoms with Gasteiger partial charge in [-0.1, -0.05) is 0 Å². The molecule has 0 fully saturated rings. The average Bonchev–Trinajstić information content (AvgIpc) is 2.79.